The molecule has 0 saturated heterocycles. The van der Waals surface area contributed by atoms with E-state index in [1.54, 1.807) is 0 Å². The zero-order chi connectivity index (χ0) is 12.0. The number of carboxylic acids is 1. The maximum atomic E-state index is 11.4. The second-order valence-corrected chi connectivity index (χ2v) is 3.71. The second-order valence-electron chi connectivity index (χ2n) is 3.71. The molecule has 0 aliphatic carbocycles. The Labute approximate surface area is 94.3 Å². The number of rotatable bonds is 5. The van der Waals surface area contributed by atoms with Crippen LogP contribution in [-0.2, 0) is 16.1 Å². The van der Waals surface area contributed by atoms with Crippen LogP contribution in [0.1, 0.15) is 18.9 Å². The van der Waals surface area contributed by atoms with Gasteiger partial charge >= 0.3 is 5.97 Å². The van der Waals surface area contributed by atoms with Gasteiger partial charge in [0.25, 0.3) is 0 Å². The molecule has 4 heteroatoms. The van der Waals surface area contributed by atoms with E-state index < -0.39 is 11.9 Å². The van der Waals surface area contributed by atoms with Crippen LogP contribution in [0.4, 0.5) is 0 Å². The summed E-state index contributed by atoms with van der Waals surface area (Å²) in [5, 5.41) is 11.3. The summed E-state index contributed by atoms with van der Waals surface area (Å²) in [5.74, 6) is -1.83. The second kappa shape index (κ2) is 5.90. The van der Waals surface area contributed by atoms with E-state index in [0.717, 1.165) is 5.56 Å². The summed E-state index contributed by atoms with van der Waals surface area (Å²) < 4.78 is 0. The van der Waals surface area contributed by atoms with Gasteiger partial charge in [-0.25, -0.2) is 0 Å². The molecule has 1 aromatic carbocycles. The molecule has 1 unspecified atom stereocenters. The number of carbonyl (C=O) groups is 2. The van der Waals surface area contributed by atoms with Gasteiger partial charge in [0, 0.05) is 13.0 Å². The van der Waals surface area contributed by atoms with Crippen molar-refractivity contribution in [2.45, 2.75) is 19.9 Å². The molecule has 0 fully saturated rings. The van der Waals surface area contributed by atoms with E-state index in [1.165, 1.54) is 6.92 Å². The summed E-state index contributed by atoms with van der Waals surface area (Å²) in [4.78, 5) is 21.9. The summed E-state index contributed by atoms with van der Waals surface area (Å²) in [6.45, 7) is 1.95. The van der Waals surface area contributed by atoms with E-state index in [9.17, 15) is 9.59 Å². The molecule has 1 aromatic rings. The summed E-state index contributed by atoms with van der Waals surface area (Å²) >= 11 is 0. The summed E-state index contributed by atoms with van der Waals surface area (Å²) in [6, 6.07) is 9.49. The average molecular weight is 221 g/mol. The third-order valence-electron chi connectivity index (χ3n) is 2.25. The molecular weight excluding hydrogens is 206 g/mol. The Morgan fingerprint density at radius 2 is 1.94 bits per heavy atom. The molecule has 4 nitrogen and oxygen atoms in total. The van der Waals surface area contributed by atoms with Crippen LogP contribution >= 0.6 is 0 Å². The molecule has 86 valence electrons. The van der Waals surface area contributed by atoms with Gasteiger partial charge in [0.15, 0.2) is 0 Å². The Kier molecular flexibility index (Phi) is 4.51. The van der Waals surface area contributed by atoms with E-state index in [4.69, 9.17) is 5.11 Å². The van der Waals surface area contributed by atoms with E-state index in [-0.39, 0.29) is 12.3 Å². The molecule has 0 spiro atoms. The molecule has 0 heterocycles. The molecule has 0 saturated carbocycles. The lowest BCUT2D eigenvalue weighted by Gasteiger charge is -2.07. The lowest BCUT2D eigenvalue weighted by Crippen LogP contribution is -2.26. The number of nitrogens with one attached hydrogen (secondary N) is 1. The summed E-state index contributed by atoms with van der Waals surface area (Å²) in [5.41, 5.74) is 0.999. The third kappa shape index (κ3) is 4.13. The molecule has 0 aliphatic rings. The molecule has 0 radical (unpaired) electrons. The van der Waals surface area contributed by atoms with Crippen LogP contribution in [0.3, 0.4) is 0 Å². The van der Waals surface area contributed by atoms with Crippen molar-refractivity contribution in [2.75, 3.05) is 0 Å². The highest BCUT2D eigenvalue weighted by molar-refractivity contribution is 5.81. The maximum absolute atomic E-state index is 11.4. The number of carbonyl (C=O) groups excluding carboxylic acids is 1. The topological polar surface area (TPSA) is 66.4 Å². The van der Waals surface area contributed by atoms with Crippen LogP contribution in [0.5, 0.6) is 0 Å². The first-order chi connectivity index (χ1) is 7.59. The molecule has 0 aliphatic heterocycles. The molecule has 0 aromatic heterocycles. The van der Waals surface area contributed by atoms with Gasteiger partial charge in [-0.1, -0.05) is 37.3 Å². The van der Waals surface area contributed by atoms with Crippen LogP contribution in [0.15, 0.2) is 30.3 Å². The minimum absolute atomic E-state index is 0.0160. The number of aliphatic carboxylic acids is 1. The van der Waals surface area contributed by atoms with Crippen molar-refractivity contribution in [3.8, 4) is 0 Å². The van der Waals surface area contributed by atoms with Crippen molar-refractivity contribution >= 4 is 11.9 Å². The standard InChI is InChI=1S/C12H15NO3/c1-9(12(15)16)7-11(14)13-8-10-5-3-2-4-6-10/h2-6,9H,7-8H2,1H3,(H,13,14)(H,15,16). The number of amides is 1. The Bertz CT molecular complexity index is 362. The first-order valence-electron chi connectivity index (χ1n) is 5.13. The van der Waals surface area contributed by atoms with Gasteiger partial charge in [-0.3, -0.25) is 9.59 Å². The minimum atomic E-state index is -0.949. The van der Waals surface area contributed by atoms with E-state index in [2.05, 4.69) is 5.32 Å². The van der Waals surface area contributed by atoms with Gasteiger partial charge in [-0.15, -0.1) is 0 Å². The highest BCUT2D eigenvalue weighted by Crippen LogP contribution is 2.02. The summed E-state index contributed by atoms with van der Waals surface area (Å²) in [6.07, 6.45) is 0.0160. The fourth-order valence-corrected chi connectivity index (χ4v) is 1.23. The lowest BCUT2D eigenvalue weighted by molar-refractivity contribution is -0.143. The van der Waals surface area contributed by atoms with Crippen LogP contribution in [0, 0.1) is 5.92 Å². The smallest absolute Gasteiger partial charge is 0.306 e. The molecule has 1 rings (SSSR count). The van der Waals surface area contributed by atoms with E-state index in [1.807, 2.05) is 30.3 Å². The number of benzene rings is 1. The van der Waals surface area contributed by atoms with Crippen LogP contribution in [0.2, 0.25) is 0 Å². The Morgan fingerprint density at radius 1 is 1.31 bits per heavy atom. The Hall–Kier alpha value is -1.84. The first kappa shape index (κ1) is 12.2. The quantitative estimate of drug-likeness (QED) is 0.790. The highest BCUT2D eigenvalue weighted by Gasteiger charge is 2.15. The van der Waals surface area contributed by atoms with Crippen molar-refractivity contribution in [3.05, 3.63) is 35.9 Å². The Morgan fingerprint density at radius 3 is 2.50 bits per heavy atom. The largest absolute Gasteiger partial charge is 0.481 e. The Balaban J connectivity index is 2.33. The normalized spacial score (nSPS) is 11.8. The zero-order valence-electron chi connectivity index (χ0n) is 9.14. The predicted octanol–water partition coefficient (Wildman–Crippen LogP) is 1.41. The molecule has 0 bridgehead atoms. The van der Waals surface area contributed by atoms with Crippen LogP contribution < -0.4 is 5.32 Å². The number of carboxylic acid groups (broad SMARTS) is 1. The maximum Gasteiger partial charge on any atom is 0.306 e. The molecule has 16 heavy (non-hydrogen) atoms. The SMILES string of the molecule is CC(CC(=O)NCc1ccccc1)C(=O)O. The third-order valence-corrected chi connectivity index (χ3v) is 2.25. The number of hydrogen-bond acceptors (Lipinski definition) is 2. The molecule has 1 atom stereocenters. The minimum Gasteiger partial charge on any atom is -0.481 e. The fraction of sp³-hybridized carbons (Fsp3) is 0.333. The van der Waals surface area contributed by atoms with Gasteiger partial charge in [-0.2, -0.15) is 0 Å². The average Bonchev–Trinajstić information content (AvgIpc) is 2.27. The van der Waals surface area contributed by atoms with Gasteiger partial charge in [-0.05, 0) is 5.56 Å². The molecule has 1 amide bonds. The van der Waals surface area contributed by atoms with E-state index in [0.29, 0.717) is 6.54 Å². The highest BCUT2D eigenvalue weighted by atomic mass is 16.4. The van der Waals surface area contributed by atoms with Crippen LogP contribution in [-0.4, -0.2) is 17.0 Å². The summed E-state index contributed by atoms with van der Waals surface area (Å²) in [7, 11) is 0. The predicted molar refractivity (Wildman–Crippen MR) is 59.7 cm³/mol. The van der Waals surface area contributed by atoms with Crippen molar-refractivity contribution in [1.82, 2.24) is 5.32 Å². The monoisotopic (exact) mass is 221 g/mol. The molecular formula is C12H15NO3. The number of hydrogen-bond donors (Lipinski definition) is 2. The first-order valence-corrected chi connectivity index (χ1v) is 5.13. The van der Waals surface area contributed by atoms with Crippen molar-refractivity contribution in [3.63, 3.8) is 0 Å². The van der Waals surface area contributed by atoms with E-state index >= 15 is 0 Å². The van der Waals surface area contributed by atoms with Crippen molar-refractivity contribution in [1.29, 1.82) is 0 Å². The fourth-order valence-electron chi connectivity index (χ4n) is 1.23. The van der Waals surface area contributed by atoms with Crippen molar-refractivity contribution in [2.24, 2.45) is 5.92 Å². The molecule has 2 N–H and O–H groups in total. The van der Waals surface area contributed by atoms with Crippen molar-refractivity contribution < 1.29 is 14.7 Å². The van der Waals surface area contributed by atoms with Gasteiger partial charge in [0.2, 0.25) is 5.91 Å². The van der Waals surface area contributed by atoms with Crippen LogP contribution in [0.25, 0.3) is 0 Å². The zero-order valence-corrected chi connectivity index (χ0v) is 9.14. The lowest BCUT2D eigenvalue weighted by atomic mass is 10.1. The van der Waals surface area contributed by atoms with Gasteiger partial charge in [0.1, 0.15) is 0 Å². The van der Waals surface area contributed by atoms with Gasteiger partial charge in [0.05, 0.1) is 5.92 Å². The van der Waals surface area contributed by atoms with Gasteiger partial charge < -0.3 is 10.4 Å².